The van der Waals surface area contributed by atoms with Gasteiger partial charge in [-0.15, -0.1) is 0 Å². The molecule has 1 saturated carbocycles. The molecule has 6 rings (SSSR count). The van der Waals surface area contributed by atoms with Crippen LogP contribution in [-0.4, -0.2) is 85.9 Å². The number of sulfonamides is 1. The lowest BCUT2D eigenvalue weighted by Gasteiger charge is -2.43. The van der Waals surface area contributed by atoms with E-state index in [-0.39, 0.29) is 23.8 Å². The molecular formula is C35H47ClN4O4S. The summed E-state index contributed by atoms with van der Waals surface area (Å²) in [6, 6.07) is 15.1. The summed E-state index contributed by atoms with van der Waals surface area (Å²) in [6.07, 6.45) is 9.01. The maximum atomic E-state index is 14.5. The Labute approximate surface area is 273 Å². The van der Waals surface area contributed by atoms with E-state index in [9.17, 15) is 18.0 Å². The zero-order valence-electron chi connectivity index (χ0n) is 26.5. The second-order valence-electron chi connectivity index (χ2n) is 13.7. The number of amides is 2. The van der Waals surface area contributed by atoms with Crippen molar-refractivity contribution in [2.24, 2.45) is 17.8 Å². The van der Waals surface area contributed by atoms with Gasteiger partial charge < -0.3 is 15.1 Å². The molecule has 45 heavy (non-hydrogen) atoms. The van der Waals surface area contributed by atoms with Crippen LogP contribution in [0.4, 0.5) is 0 Å². The smallest absolute Gasteiger partial charge is 0.246 e. The maximum Gasteiger partial charge on any atom is 0.246 e. The monoisotopic (exact) mass is 654 g/mol. The van der Waals surface area contributed by atoms with E-state index in [2.05, 4.69) is 17.4 Å². The molecule has 0 bridgehead atoms. The normalized spacial score (nSPS) is 27.9. The van der Waals surface area contributed by atoms with Crippen molar-refractivity contribution in [3.63, 3.8) is 0 Å². The SMILES string of the molecule is CN(CC1CCCCC1C1CCN(C(=O)[C@H]2[C@H](c3ccc(Cl)cc3)CCN2C(=O)[C@@H]2Cc3ccccc3CN2)CC1)S(C)(=O)=O. The van der Waals surface area contributed by atoms with Gasteiger partial charge in [0, 0.05) is 50.7 Å². The van der Waals surface area contributed by atoms with Gasteiger partial charge in [0.1, 0.15) is 6.04 Å². The molecule has 1 N–H and O–H groups in total. The lowest BCUT2D eigenvalue weighted by Crippen LogP contribution is -2.56. The Bertz CT molecular complexity index is 1480. The van der Waals surface area contributed by atoms with Crippen LogP contribution in [0, 0.1) is 17.8 Å². The van der Waals surface area contributed by atoms with Gasteiger partial charge in [0.05, 0.1) is 12.3 Å². The van der Waals surface area contributed by atoms with Crippen LogP contribution >= 0.6 is 11.6 Å². The van der Waals surface area contributed by atoms with Crippen LogP contribution in [0.5, 0.6) is 0 Å². The third-order valence-corrected chi connectivity index (χ3v) is 12.6. The number of hydrogen-bond donors (Lipinski definition) is 1. The maximum absolute atomic E-state index is 14.5. The molecule has 10 heteroatoms. The molecule has 2 unspecified atom stereocenters. The molecule has 3 fully saturated rings. The first-order valence-electron chi connectivity index (χ1n) is 16.7. The molecular weight excluding hydrogens is 608 g/mol. The standard InChI is InChI=1S/C35H47ClN4O4S/c1-38(45(2,43)44)23-28-9-5-6-10-30(28)25-15-18-39(19-16-25)35(42)33-31(24-11-13-29(36)14-12-24)17-20-40(33)34(41)32-21-26-7-3-4-8-27(26)22-37-32/h3-4,7-8,11-14,25,28,30-33,37H,5-6,9-10,15-23H2,1-2H3/t28?,30?,31-,32-,33+/m0/s1. The molecule has 1 aliphatic carbocycles. The van der Waals surface area contributed by atoms with Crippen LogP contribution in [0.3, 0.4) is 0 Å². The number of halogens is 1. The van der Waals surface area contributed by atoms with E-state index in [1.54, 1.807) is 7.05 Å². The summed E-state index contributed by atoms with van der Waals surface area (Å²) in [5, 5.41) is 4.10. The van der Waals surface area contributed by atoms with Crippen LogP contribution in [-0.2, 0) is 32.6 Å². The summed E-state index contributed by atoms with van der Waals surface area (Å²) < 4.78 is 25.8. The van der Waals surface area contributed by atoms with Gasteiger partial charge in [-0.1, -0.05) is 60.8 Å². The summed E-state index contributed by atoms with van der Waals surface area (Å²) in [4.78, 5) is 32.4. The molecule has 0 aromatic heterocycles. The van der Waals surface area contributed by atoms with Gasteiger partial charge in [0.15, 0.2) is 0 Å². The van der Waals surface area contributed by atoms with E-state index in [4.69, 9.17) is 11.6 Å². The van der Waals surface area contributed by atoms with Crippen LogP contribution < -0.4 is 5.32 Å². The summed E-state index contributed by atoms with van der Waals surface area (Å²) in [5.74, 6) is 1.29. The Hall–Kier alpha value is -2.46. The number of benzene rings is 2. The second-order valence-corrected chi connectivity index (χ2v) is 16.3. The highest BCUT2D eigenvalue weighted by Gasteiger charge is 2.47. The molecule has 2 saturated heterocycles. The number of carbonyl (C=O) groups excluding carboxylic acids is 2. The number of hydrogen-bond acceptors (Lipinski definition) is 5. The van der Waals surface area contributed by atoms with Crippen molar-refractivity contribution < 1.29 is 18.0 Å². The first kappa shape index (κ1) is 32.5. The van der Waals surface area contributed by atoms with Crippen molar-refractivity contribution in [2.75, 3.05) is 39.5 Å². The molecule has 0 spiro atoms. The molecule has 5 atom stereocenters. The van der Waals surface area contributed by atoms with Gasteiger partial charge in [-0.3, -0.25) is 9.59 Å². The zero-order chi connectivity index (χ0) is 31.7. The highest BCUT2D eigenvalue weighted by Crippen LogP contribution is 2.41. The van der Waals surface area contributed by atoms with E-state index >= 15 is 0 Å². The summed E-state index contributed by atoms with van der Waals surface area (Å²) in [6.45, 7) is 3.13. The largest absolute Gasteiger partial charge is 0.341 e. The van der Waals surface area contributed by atoms with Crippen LogP contribution in [0.15, 0.2) is 48.5 Å². The van der Waals surface area contributed by atoms with Crippen LogP contribution in [0.2, 0.25) is 5.02 Å². The molecule has 8 nitrogen and oxygen atoms in total. The van der Waals surface area contributed by atoms with E-state index in [1.807, 2.05) is 46.2 Å². The van der Waals surface area contributed by atoms with E-state index in [1.165, 1.54) is 28.1 Å². The Kier molecular flexibility index (Phi) is 9.90. The Balaban J connectivity index is 1.17. The van der Waals surface area contributed by atoms with Crippen LogP contribution in [0.25, 0.3) is 0 Å². The van der Waals surface area contributed by atoms with Gasteiger partial charge >= 0.3 is 0 Å². The minimum absolute atomic E-state index is 0.00856. The lowest BCUT2D eigenvalue weighted by atomic mass is 9.69. The first-order chi connectivity index (χ1) is 21.6. The highest BCUT2D eigenvalue weighted by atomic mass is 35.5. The quantitative estimate of drug-likeness (QED) is 0.469. The Morgan fingerprint density at radius 3 is 2.31 bits per heavy atom. The molecule has 4 aliphatic rings. The fraction of sp³-hybridized carbons (Fsp3) is 0.600. The minimum Gasteiger partial charge on any atom is -0.341 e. The second kappa shape index (κ2) is 13.7. The molecule has 2 amide bonds. The number of nitrogens with one attached hydrogen (secondary N) is 1. The molecule has 2 aromatic carbocycles. The average molecular weight is 655 g/mol. The third-order valence-electron chi connectivity index (χ3n) is 11.1. The van der Waals surface area contributed by atoms with E-state index in [0.29, 0.717) is 61.9 Å². The fourth-order valence-corrected chi connectivity index (χ4v) is 9.11. The molecule has 244 valence electrons. The molecule has 2 aromatic rings. The molecule has 0 radical (unpaired) electrons. The number of nitrogens with zero attached hydrogens (tertiary/aromatic N) is 3. The number of fused-ring (bicyclic) bond motifs is 1. The van der Waals surface area contributed by atoms with Crippen LogP contribution in [0.1, 0.15) is 67.6 Å². The first-order valence-corrected chi connectivity index (χ1v) is 18.9. The van der Waals surface area contributed by atoms with Crippen molar-refractivity contribution in [1.29, 1.82) is 0 Å². The predicted octanol–water partition coefficient (Wildman–Crippen LogP) is 4.68. The van der Waals surface area contributed by atoms with E-state index < -0.39 is 16.1 Å². The lowest BCUT2D eigenvalue weighted by molar-refractivity contribution is -0.146. The van der Waals surface area contributed by atoms with Gasteiger partial charge in [0.25, 0.3) is 0 Å². The summed E-state index contributed by atoms with van der Waals surface area (Å²) in [7, 11) is -1.53. The number of piperidine rings is 1. The number of carbonyl (C=O) groups is 2. The van der Waals surface area contributed by atoms with Crippen molar-refractivity contribution in [2.45, 2.75) is 75.9 Å². The topological polar surface area (TPSA) is 90.0 Å². The predicted molar refractivity (Wildman–Crippen MR) is 177 cm³/mol. The number of rotatable bonds is 7. The summed E-state index contributed by atoms with van der Waals surface area (Å²) in [5.41, 5.74) is 3.46. The highest BCUT2D eigenvalue weighted by molar-refractivity contribution is 7.88. The average Bonchev–Trinajstić information content (AvgIpc) is 3.49. The zero-order valence-corrected chi connectivity index (χ0v) is 28.1. The third kappa shape index (κ3) is 7.11. The van der Waals surface area contributed by atoms with Gasteiger partial charge in [0.2, 0.25) is 21.8 Å². The van der Waals surface area contributed by atoms with Gasteiger partial charge in [-0.2, -0.15) is 0 Å². The molecule has 3 aliphatic heterocycles. The van der Waals surface area contributed by atoms with E-state index in [0.717, 1.165) is 44.1 Å². The Morgan fingerprint density at radius 2 is 1.60 bits per heavy atom. The summed E-state index contributed by atoms with van der Waals surface area (Å²) >= 11 is 6.22. The number of likely N-dealkylation sites (tertiary alicyclic amines) is 2. The molecule has 3 heterocycles. The fourth-order valence-electron chi connectivity index (χ4n) is 8.52. The van der Waals surface area contributed by atoms with Crippen molar-refractivity contribution >= 4 is 33.4 Å². The van der Waals surface area contributed by atoms with Gasteiger partial charge in [-0.05, 0) is 85.1 Å². The van der Waals surface area contributed by atoms with Crippen molar-refractivity contribution in [3.05, 3.63) is 70.2 Å². The van der Waals surface area contributed by atoms with Crippen molar-refractivity contribution in [3.8, 4) is 0 Å². The Morgan fingerprint density at radius 1 is 0.911 bits per heavy atom. The van der Waals surface area contributed by atoms with Crippen molar-refractivity contribution in [1.82, 2.24) is 19.4 Å². The van der Waals surface area contributed by atoms with Gasteiger partial charge in [-0.25, -0.2) is 12.7 Å². The minimum atomic E-state index is -3.22.